The van der Waals surface area contributed by atoms with Crippen LogP contribution < -0.4 is 10.6 Å². The van der Waals surface area contributed by atoms with Crippen LogP contribution in [0.4, 0.5) is 5.69 Å². The molecule has 2 N–H and O–H groups in total. The molecule has 2 bridgehead atoms. The molecule has 2 aliphatic rings. The Morgan fingerprint density at radius 2 is 1.86 bits per heavy atom. The average Bonchev–Trinajstić information content (AvgIpc) is 2.84. The lowest BCUT2D eigenvalue weighted by Gasteiger charge is -2.28. The van der Waals surface area contributed by atoms with Crippen molar-refractivity contribution >= 4 is 40.9 Å². The Balaban J connectivity index is 1.68. The van der Waals surface area contributed by atoms with Gasteiger partial charge in [-0.15, -0.1) is 0 Å². The summed E-state index contributed by atoms with van der Waals surface area (Å²) < 4.78 is 0.247. The maximum absolute atomic E-state index is 12.8. The normalized spacial score (nSPS) is 21.0. The number of benzene rings is 1. The molecule has 1 fully saturated rings. The summed E-state index contributed by atoms with van der Waals surface area (Å²) in [4.78, 5) is 27.6. The van der Waals surface area contributed by atoms with E-state index in [2.05, 4.69) is 47.9 Å². The third-order valence-corrected chi connectivity index (χ3v) is 6.22. The van der Waals surface area contributed by atoms with E-state index >= 15 is 0 Å². The number of carbonyl (C=O) groups is 2. The molecule has 2 amide bonds. The van der Waals surface area contributed by atoms with Crippen molar-refractivity contribution in [3.8, 4) is 0 Å². The highest BCUT2D eigenvalue weighted by Gasteiger charge is 2.37. The van der Waals surface area contributed by atoms with Gasteiger partial charge in [-0.1, -0.05) is 42.6 Å². The van der Waals surface area contributed by atoms with Crippen molar-refractivity contribution in [2.45, 2.75) is 37.6 Å². The third-order valence-electron chi connectivity index (χ3n) is 5.34. The van der Waals surface area contributed by atoms with Crippen molar-refractivity contribution < 1.29 is 9.59 Å². The molecule has 7 heteroatoms. The molecule has 1 aliphatic heterocycles. The molecule has 2 atom stereocenters. The lowest BCUT2D eigenvalue weighted by molar-refractivity contribution is -0.127. The number of amides is 2. The molecule has 0 spiro atoms. The highest BCUT2D eigenvalue weighted by molar-refractivity contribution is 8.08. The smallest absolute Gasteiger partial charge is 0.258 e. The van der Waals surface area contributed by atoms with E-state index in [0.29, 0.717) is 11.8 Å². The number of piperidine rings is 1. The van der Waals surface area contributed by atoms with Crippen LogP contribution in [0.3, 0.4) is 0 Å². The average molecular weight is 420 g/mol. The fourth-order valence-corrected chi connectivity index (χ4v) is 4.72. The van der Waals surface area contributed by atoms with Crippen molar-refractivity contribution in [1.29, 1.82) is 0 Å². The van der Waals surface area contributed by atoms with E-state index in [1.807, 2.05) is 6.07 Å². The topological polar surface area (TPSA) is 61.4 Å². The van der Waals surface area contributed by atoms with Gasteiger partial charge in [-0.2, -0.15) is 0 Å². The minimum atomic E-state index is -1.11. The Labute approximate surface area is 175 Å². The SMILES string of the molecule is C=C(Cl)SC(=C)C(=O)NC(C)(C)C(=O)Nc1ccc2c(c1)C1CC2CN(C)C1. The molecule has 5 nitrogen and oxygen atoms in total. The second-order valence-electron chi connectivity index (χ2n) is 8.11. The minimum Gasteiger partial charge on any atom is -0.338 e. The lowest BCUT2D eigenvalue weighted by atomic mass is 9.96. The molecule has 1 heterocycles. The molecule has 1 saturated heterocycles. The number of hydrogen-bond acceptors (Lipinski definition) is 4. The highest BCUT2D eigenvalue weighted by Crippen LogP contribution is 2.46. The van der Waals surface area contributed by atoms with Gasteiger partial charge in [0.25, 0.3) is 5.91 Å². The number of anilines is 1. The van der Waals surface area contributed by atoms with Crippen molar-refractivity contribution in [1.82, 2.24) is 10.2 Å². The molecule has 3 rings (SSSR count). The number of nitrogens with one attached hydrogen (secondary N) is 2. The quantitative estimate of drug-likeness (QED) is 0.684. The maximum Gasteiger partial charge on any atom is 0.258 e. The molecule has 1 aromatic carbocycles. The van der Waals surface area contributed by atoms with Gasteiger partial charge in [0.15, 0.2) is 0 Å². The number of fused-ring (bicyclic) bond motifs is 5. The van der Waals surface area contributed by atoms with Crippen LogP contribution in [0.15, 0.2) is 40.6 Å². The monoisotopic (exact) mass is 419 g/mol. The number of nitrogens with zero attached hydrogens (tertiary/aromatic N) is 1. The first-order valence-corrected chi connectivity index (χ1v) is 10.4. The minimum absolute atomic E-state index is 0.190. The van der Waals surface area contributed by atoms with E-state index in [1.165, 1.54) is 17.5 Å². The molecule has 1 aliphatic carbocycles. The Bertz CT molecular complexity index is 850. The standard InChI is InChI=1S/C21H26ClN3O2S/c1-12(28-13(2)22)19(26)24-21(3,4)20(27)23-16-6-7-17-14-8-15(18(17)9-16)11-25(5)10-14/h6-7,9,14-15H,1-2,8,10-11H2,3-5H3,(H,23,27)(H,24,26). The fraction of sp³-hybridized carbons (Fsp3) is 0.429. The fourth-order valence-electron chi connectivity index (χ4n) is 4.03. The summed E-state index contributed by atoms with van der Waals surface area (Å²) in [7, 11) is 2.16. The molecule has 0 saturated carbocycles. The Morgan fingerprint density at radius 1 is 1.21 bits per heavy atom. The van der Waals surface area contributed by atoms with Crippen LogP contribution in [-0.2, 0) is 9.59 Å². The lowest BCUT2D eigenvalue weighted by Crippen LogP contribution is -2.52. The van der Waals surface area contributed by atoms with Crippen LogP contribution in [0.5, 0.6) is 0 Å². The number of halogens is 1. The van der Waals surface area contributed by atoms with Gasteiger partial charge in [0, 0.05) is 18.8 Å². The second kappa shape index (κ2) is 7.93. The van der Waals surface area contributed by atoms with Crippen molar-refractivity contribution in [2.75, 3.05) is 25.5 Å². The summed E-state index contributed by atoms with van der Waals surface area (Å²) in [5.41, 5.74) is 2.38. The van der Waals surface area contributed by atoms with Gasteiger partial charge in [-0.05, 0) is 62.4 Å². The maximum atomic E-state index is 12.8. The molecule has 1 aromatic rings. The van der Waals surface area contributed by atoms with Crippen molar-refractivity contribution in [2.24, 2.45) is 0 Å². The summed E-state index contributed by atoms with van der Waals surface area (Å²) in [5, 5.41) is 5.64. The summed E-state index contributed by atoms with van der Waals surface area (Å²) in [6.07, 6.45) is 1.18. The predicted molar refractivity (Wildman–Crippen MR) is 117 cm³/mol. The van der Waals surface area contributed by atoms with E-state index in [4.69, 9.17) is 11.6 Å². The highest BCUT2D eigenvalue weighted by atomic mass is 35.5. The van der Waals surface area contributed by atoms with E-state index in [1.54, 1.807) is 13.8 Å². The number of hydrogen-bond donors (Lipinski definition) is 2. The van der Waals surface area contributed by atoms with Gasteiger partial charge in [-0.3, -0.25) is 9.59 Å². The summed E-state index contributed by atoms with van der Waals surface area (Å²) >= 11 is 6.67. The van der Waals surface area contributed by atoms with Gasteiger partial charge in [0.1, 0.15) is 5.54 Å². The van der Waals surface area contributed by atoms with E-state index in [9.17, 15) is 9.59 Å². The number of thioether (sulfide) groups is 1. The molecule has 2 unspecified atom stereocenters. The van der Waals surface area contributed by atoms with Crippen LogP contribution >= 0.6 is 23.4 Å². The van der Waals surface area contributed by atoms with Crippen molar-refractivity contribution in [3.05, 3.63) is 51.8 Å². The van der Waals surface area contributed by atoms with E-state index in [0.717, 1.165) is 30.5 Å². The first-order chi connectivity index (χ1) is 13.1. The number of carbonyl (C=O) groups excluding carboxylic acids is 2. The van der Waals surface area contributed by atoms with Gasteiger partial charge in [-0.25, -0.2) is 0 Å². The predicted octanol–water partition coefficient (Wildman–Crippen LogP) is 3.99. The Hall–Kier alpha value is -1.76. The zero-order chi connectivity index (χ0) is 20.6. The third kappa shape index (κ3) is 4.45. The first-order valence-electron chi connectivity index (χ1n) is 9.24. The van der Waals surface area contributed by atoms with Crippen LogP contribution in [0, 0.1) is 0 Å². The number of rotatable bonds is 6. The summed E-state index contributed by atoms with van der Waals surface area (Å²) in [6.45, 7) is 12.6. The number of likely N-dealkylation sites (N-methyl/N-ethyl adjacent to an activating group) is 1. The van der Waals surface area contributed by atoms with E-state index < -0.39 is 11.4 Å². The van der Waals surface area contributed by atoms with Gasteiger partial charge in [0.2, 0.25) is 5.91 Å². The van der Waals surface area contributed by atoms with Crippen molar-refractivity contribution in [3.63, 3.8) is 0 Å². The molecular weight excluding hydrogens is 394 g/mol. The van der Waals surface area contributed by atoms with Gasteiger partial charge in [0.05, 0.1) is 9.27 Å². The summed E-state index contributed by atoms with van der Waals surface area (Å²) in [5.74, 6) is 0.367. The van der Waals surface area contributed by atoms with Crippen LogP contribution in [-0.4, -0.2) is 42.4 Å². The van der Waals surface area contributed by atoms with E-state index in [-0.39, 0.29) is 15.2 Å². The van der Waals surface area contributed by atoms with Crippen LogP contribution in [0.25, 0.3) is 0 Å². The zero-order valence-corrected chi connectivity index (χ0v) is 18.0. The number of likely N-dealkylation sites (tertiary alicyclic amines) is 1. The molecule has 0 radical (unpaired) electrons. The molecule has 0 aromatic heterocycles. The van der Waals surface area contributed by atoms with Gasteiger partial charge < -0.3 is 15.5 Å². The van der Waals surface area contributed by atoms with Gasteiger partial charge >= 0.3 is 0 Å². The van der Waals surface area contributed by atoms with Crippen LogP contribution in [0.2, 0.25) is 0 Å². The molecular formula is C21H26ClN3O2S. The second-order valence-corrected chi connectivity index (χ2v) is 9.98. The largest absolute Gasteiger partial charge is 0.338 e. The van der Waals surface area contributed by atoms with Crippen LogP contribution in [0.1, 0.15) is 43.2 Å². The Morgan fingerprint density at radius 3 is 2.50 bits per heavy atom. The first kappa shape index (κ1) is 21.0. The molecule has 28 heavy (non-hydrogen) atoms. The summed E-state index contributed by atoms with van der Waals surface area (Å²) in [6, 6.07) is 6.16. The Kier molecular flexibility index (Phi) is 5.94. The molecule has 150 valence electrons. The zero-order valence-electron chi connectivity index (χ0n) is 16.5.